The van der Waals surface area contributed by atoms with Crippen LogP contribution in [0.3, 0.4) is 0 Å². The highest BCUT2D eigenvalue weighted by atomic mass is 79.9. The van der Waals surface area contributed by atoms with Crippen LogP contribution in [0.1, 0.15) is 26.2 Å². The minimum absolute atomic E-state index is 0.267. The van der Waals surface area contributed by atoms with Crippen LogP contribution in [0.2, 0.25) is 0 Å². The second kappa shape index (κ2) is 3.51. The van der Waals surface area contributed by atoms with Crippen molar-refractivity contribution >= 4 is 22.2 Å². The molecule has 0 bridgehead atoms. The van der Waals surface area contributed by atoms with E-state index in [1.807, 2.05) is 0 Å². The molecule has 1 nitrogen and oxygen atoms in total. The van der Waals surface area contributed by atoms with E-state index in [4.69, 9.17) is 0 Å². The lowest BCUT2D eigenvalue weighted by Crippen LogP contribution is -2.24. The van der Waals surface area contributed by atoms with Crippen molar-refractivity contribution in [2.75, 3.05) is 0 Å². The zero-order chi connectivity index (χ0) is 7.56. The van der Waals surface area contributed by atoms with Crippen molar-refractivity contribution < 1.29 is 4.79 Å². The summed E-state index contributed by atoms with van der Waals surface area (Å²) in [7, 11) is 0. The molecule has 1 saturated carbocycles. The van der Waals surface area contributed by atoms with Gasteiger partial charge in [-0.05, 0) is 25.2 Å². The van der Waals surface area contributed by atoms with E-state index in [9.17, 15) is 4.79 Å². The molecule has 0 aromatic carbocycles. The standard InChI is InChI=1S/C8H13BrO/c1-6-2-3-8(9)7(4-6)5-10/h5-8H,2-4H2,1H3. The number of halogens is 1. The van der Waals surface area contributed by atoms with Crippen LogP contribution in [-0.4, -0.2) is 11.1 Å². The van der Waals surface area contributed by atoms with E-state index in [0.717, 1.165) is 25.0 Å². The van der Waals surface area contributed by atoms with Gasteiger partial charge in [-0.25, -0.2) is 0 Å². The lowest BCUT2D eigenvalue weighted by atomic mass is 9.83. The van der Waals surface area contributed by atoms with Gasteiger partial charge in [-0.2, -0.15) is 0 Å². The Balaban J connectivity index is 2.45. The highest BCUT2D eigenvalue weighted by Gasteiger charge is 2.25. The van der Waals surface area contributed by atoms with Crippen molar-refractivity contribution in [2.45, 2.75) is 31.0 Å². The SMILES string of the molecule is CC1CCC(Br)C(C=O)C1. The average molecular weight is 205 g/mol. The molecule has 58 valence electrons. The summed E-state index contributed by atoms with van der Waals surface area (Å²) in [6, 6.07) is 0. The summed E-state index contributed by atoms with van der Waals surface area (Å²) in [6.07, 6.45) is 4.58. The number of carbonyl (C=O) groups excluding carboxylic acids is 1. The molecule has 1 rings (SSSR count). The molecule has 0 heterocycles. The molecule has 3 atom stereocenters. The fourth-order valence-corrected chi connectivity index (χ4v) is 2.13. The summed E-state index contributed by atoms with van der Waals surface area (Å²) >= 11 is 3.51. The first-order chi connectivity index (χ1) is 4.74. The van der Waals surface area contributed by atoms with Gasteiger partial charge in [-0.15, -0.1) is 0 Å². The Hall–Kier alpha value is 0.150. The normalized spacial score (nSPS) is 41.2. The Kier molecular flexibility index (Phi) is 2.90. The zero-order valence-electron chi connectivity index (χ0n) is 6.22. The summed E-state index contributed by atoms with van der Waals surface area (Å²) in [6.45, 7) is 2.22. The smallest absolute Gasteiger partial charge is 0.124 e. The molecule has 1 aliphatic carbocycles. The molecule has 0 spiro atoms. The van der Waals surface area contributed by atoms with Gasteiger partial charge in [0, 0.05) is 10.7 Å². The molecule has 0 aliphatic heterocycles. The maximum atomic E-state index is 10.5. The van der Waals surface area contributed by atoms with Crippen LogP contribution in [0.25, 0.3) is 0 Å². The molecule has 0 saturated heterocycles. The number of carbonyl (C=O) groups is 1. The van der Waals surface area contributed by atoms with E-state index in [-0.39, 0.29) is 5.92 Å². The van der Waals surface area contributed by atoms with Crippen LogP contribution in [0.15, 0.2) is 0 Å². The first-order valence-electron chi connectivity index (χ1n) is 3.83. The van der Waals surface area contributed by atoms with Crippen LogP contribution in [0.4, 0.5) is 0 Å². The molecule has 1 fully saturated rings. The Morgan fingerprint density at radius 3 is 2.70 bits per heavy atom. The average Bonchev–Trinajstić information content (AvgIpc) is 1.94. The van der Waals surface area contributed by atoms with Gasteiger partial charge in [0.05, 0.1) is 0 Å². The maximum Gasteiger partial charge on any atom is 0.124 e. The highest BCUT2D eigenvalue weighted by molar-refractivity contribution is 9.09. The highest BCUT2D eigenvalue weighted by Crippen LogP contribution is 2.31. The molecule has 10 heavy (non-hydrogen) atoms. The van der Waals surface area contributed by atoms with Crippen molar-refractivity contribution in [3.8, 4) is 0 Å². The largest absolute Gasteiger partial charge is 0.303 e. The lowest BCUT2D eigenvalue weighted by Gasteiger charge is -2.27. The number of alkyl halides is 1. The van der Waals surface area contributed by atoms with Crippen LogP contribution in [0, 0.1) is 11.8 Å². The topological polar surface area (TPSA) is 17.1 Å². The Morgan fingerprint density at radius 1 is 1.50 bits per heavy atom. The zero-order valence-corrected chi connectivity index (χ0v) is 7.80. The van der Waals surface area contributed by atoms with E-state index in [1.165, 1.54) is 6.42 Å². The van der Waals surface area contributed by atoms with E-state index in [0.29, 0.717) is 4.83 Å². The van der Waals surface area contributed by atoms with Crippen molar-refractivity contribution in [1.82, 2.24) is 0 Å². The third-order valence-electron chi connectivity index (χ3n) is 2.25. The van der Waals surface area contributed by atoms with Crippen LogP contribution in [0.5, 0.6) is 0 Å². The monoisotopic (exact) mass is 204 g/mol. The Morgan fingerprint density at radius 2 is 2.20 bits per heavy atom. The fourth-order valence-electron chi connectivity index (χ4n) is 1.53. The van der Waals surface area contributed by atoms with Gasteiger partial charge in [0.2, 0.25) is 0 Å². The van der Waals surface area contributed by atoms with Gasteiger partial charge < -0.3 is 4.79 Å². The summed E-state index contributed by atoms with van der Waals surface area (Å²) < 4.78 is 0. The van der Waals surface area contributed by atoms with Gasteiger partial charge in [-0.3, -0.25) is 0 Å². The predicted molar refractivity (Wildman–Crippen MR) is 45.3 cm³/mol. The number of rotatable bonds is 1. The summed E-state index contributed by atoms with van der Waals surface area (Å²) in [4.78, 5) is 10.9. The van der Waals surface area contributed by atoms with Gasteiger partial charge in [0.25, 0.3) is 0 Å². The second-order valence-corrected chi connectivity index (χ2v) is 4.41. The summed E-state index contributed by atoms with van der Waals surface area (Å²) in [5, 5.41) is 0. The number of aldehydes is 1. The maximum absolute atomic E-state index is 10.5. The molecule has 0 N–H and O–H groups in total. The second-order valence-electron chi connectivity index (χ2n) is 3.23. The van der Waals surface area contributed by atoms with Gasteiger partial charge in [0.15, 0.2) is 0 Å². The molecule has 1 aliphatic rings. The molecule has 0 amide bonds. The third kappa shape index (κ3) is 1.82. The molecule has 0 aromatic rings. The van der Waals surface area contributed by atoms with Crippen LogP contribution >= 0.6 is 15.9 Å². The number of hydrogen-bond acceptors (Lipinski definition) is 1. The van der Waals surface area contributed by atoms with Crippen LogP contribution in [-0.2, 0) is 4.79 Å². The van der Waals surface area contributed by atoms with Gasteiger partial charge >= 0.3 is 0 Å². The molecular formula is C8H13BrO. The Labute approximate surface area is 70.3 Å². The van der Waals surface area contributed by atoms with Crippen molar-refractivity contribution in [3.63, 3.8) is 0 Å². The third-order valence-corrected chi connectivity index (χ3v) is 3.39. The molecular weight excluding hydrogens is 192 g/mol. The Bertz CT molecular complexity index is 124. The lowest BCUT2D eigenvalue weighted by molar-refractivity contribution is -0.112. The summed E-state index contributed by atoms with van der Waals surface area (Å²) in [5.74, 6) is 1.01. The molecule has 2 heteroatoms. The van der Waals surface area contributed by atoms with Gasteiger partial charge in [0.1, 0.15) is 6.29 Å². The van der Waals surface area contributed by atoms with Crippen LogP contribution < -0.4 is 0 Å². The summed E-state index contributed by atoms with van der Waals surface area (Å²) in [5.41, 5.74) is 0. The fraction of sp³-hybridized carbons (Fsp3) is 0.875. The van der Waals surface area contributed by atoms with E-state index in [1.54, 1.807) is 0 Å². The van der Waals surface area contributed by atoms with E-state index < -0.39 is 0 Å². The minimum atomic E-state index is 0.267. The van der Waals surface area contributed by atoms with Crippen molar-refractivity contribution in [1.29, 1.82) is 0 Å². The van der Waals surface area contributed by atoms with E-state index in [2.05, 4.69) is 22.9 Å². The predicted octanol–water partition coefficient (Wildman–Crippen LogP) is 2.39. The first kappa shape index (κ1) is 8.25. The number of hydrogen-bond donors (Lipinski definition) is 0. The van der Waals surface area contributed by atoms with Crippen molar-refractivity contribution in [3.05, 3.63) is 0 Å². The minimum Gasteiger partial charge on any atom is -0.303 e. The molecule has 3 unspecified atom stereocenters. The van der Waals surface area contributed by atoms with Gasteiger partial charge in [-0.1, -0.05) is 22.9 Å². The quantitative estimate of drug-likeness (QED) is 0.474. The first-order valence-corrected chi connectivity index (χ1v) is 4.75. The molecule has 0 radical (unpaired) electrons. The van der Waals surface area contributed by atoms with E-state index >= 15 is 0 Å². The van der Waals surface area contributed by atoms with Crippen molar-refractivity contribution in [2.24, 2.45) is 11.8 Å². The molecule has 0 aromatic heterocycles.